The third-order valence-electron chi connectivity index (χ3n) is 6.58. The Labute approximate surface area is 272 Å². The molecule has 6 amide bonds. The van der Waals surface area contributed by atoms with Crippen LogP contribution in [0.2, 0.25) is 0 Å². The van der Waals surface area contributed by atoms with Gasteiger partial charge >= 0.3 is 5.97 Å². The predicted octanol–water partition coefficient (Wildman–Crippen LogP) is -2.77. The second kappa shape index (κ2) is 20.4. The number of rotatable bonds is 20. The first-order valence-corrected chi connectivity index (χ1v) is 15.1. The summed E-state index contributed by atoms with van der Waals surface area (Å²) in [5.74, 6) is -5.95. The fourth-order valence-corrected chi connectivity index (χ4v) is 4.24. The van der Waals surface area contributed by atoms with E-state index in [2.05, 4.69) is 31.9 Å². The number of aromatic hydroxyl groups is 1. The van der Waals surface area contributed by atoms with Gasteiger partial charge in [0, 0.05) is 6.42 Å². The van der Waals surface area contributed by atoms with Crippen LogP contribution < -0.4 is 37.6 Å². The van der Waals surface area contributed by atoms with Crippen LogP contribution in [0.15, 0.2) is 24.3 Å². The number of aliphatic carboxylic acids is 1. The van der Waals surface area contributed by atoms with E-state index in [1.54, 1.807) is 13.8 Å². The molecule has 17 nitrogen and oxygen atoms in total. The van der Waals surface area contributed by atoms with Crippen molar-refractivity contribution in [2.24, 2.45) is 17.6 Å². The summed E-state index contributed by atoms with van der Waals surface area (Å²) in [5.41, 5.74) is 5.69. The number of nitrogens with one attached hydrogen (secondary N) is 6. The van der Waals surface area contributed by atoms with Crippen molar-refractivity contribution in [1.82, 2.24) is 31.9 Å². The molecule has 0 saturated heterocycles. The van der Waals surface area contributed by atoms with Gasteiger partial charge in [0.2, 0.25) is 35.4 Å². The van der Waals surface area contributed by atoms with Crippen LogP contribution in [0.25, 0.3) is 0 Å². The zero-order chi connectivity index (χ0) is 35.7. The molecule has 4 atom stereocenters. The van der Waals surface area contributed by atoms with Gasteiger partial charge in [-0.15, -0.1) is 0 Å². The van der Waals surface area contributed by atoms with Crippen LogP contribution in [0.4, 0.5) is 0 Å². The topological polar surface area (TPSA) is 278 Å². The lowest BCUT2D eigenvalue weighted by molar-refractivity contribution is -0.142. The lowest BCUT2D eigenvalue weighted by Crippen LogP contribution is -2.58. The van der Waals surface area contributed by atoms with E-state index in [-0.39, 0.29) is 43.4 Å². The van der Waals surface area contributed by atoms with Gasteiger partial charge in [0.05, 0.1) is 26.2 Å². The lowest BCUT2D eigenvalue weighted by atomic mass is 10.0. The molecule has 0 unspecified atom stereocenters. The smallest absolute Gasteiger partial charge is 0.326 e. The number of phenolic OH excluding ortho intramolecular Hbond substituents is 1. The molecule has 0 saturated carbocycles. The highest BCUT2D eigenvalue weighted by Gasteiger charge is 2.30. The average Bonchev–Trinajstić information content (AvgIpc) is 3.00. The monoisotopic (exact) mass is 665 g/mol. The minimum absolute atomic E-state index is 0.0205. The van der Waals surface area contributed by atoms with E-state index in [1.807, 2.05) is 13.8 Å². The summed E-state index contributed by atoms with van der Waals surface area (Å²) in [5, 5.41) is 43.1. The Morgan fingerprint density at radius 2 is 1.13 bits per heavy atom. The van der Waals surface area contributed by atoms with E-state index < -0.39 is 85.3 Å². The zero-order valence-corrected chi connectivity index (χ0v) is 27.0. The maximum Gasteiger partial charge on any atom is 0.326 e. The number of nitrogens with two attached hydrogens (primary N) is 1. The van der Waals surface area contributed by atoms with E-state index in [4.69, 9.17) is 5.73 Å². The Hall–Kier alpha value is -4.77. The number of amides is 6. The lowest BCUT2D eigenvalue weighted by Gasteiger charge is -2.25. The molecular weight excluding hydrogens is 618 g/mol. The molecule has 17 heteroatoms. The first-order chi connectivity index (χ1) is 22.1. The van der Waals surface area contributed by atoms with Crippen molar-refractivity contribution in [2.45, 2.75) is 71.1 Å². The summed E-state index contributed by atoms with van der Waals surface area (Å²) in [4.78, 5) is 86.8. The van der Waals surface area contributed by atoms with Crippen molar-refractivity contribution < 1.29 is 48.9 Å². The summed E-state index contributed by atoms with van der Waals surface area (Å²) in [6.07, 6.45) is 0.201. The number of benzene rings is 1. The summed E-state index contributed by atoms with van der Waals surface area (Å²) in [6.45, 7) is 5.06. The highest BCUT2D eigenvalue weighted by Crippen LogP contribution is 2.12. The summed E-state index contributed by atoms with van der Waals surface area (Å²) in [7, 11) is 0. The first-order valence-electron chi connectivity index (χ1n) is 15.1. The molecule has 0 aliphatic heterocycles. The number of carbonyl (C=O) groups excluding carboxylic acids is 6. The van der Waals surface area contributed by atoms with Crippen molar-refractivity contribution in [2.75, 3.05) is 26.2 Å². The maximum atomic E-state index is 13.1. The number of carboxylic acids is 1. The fraction of sp³-hybridized carbons (Fsp3) is 0.567. The molecular formula is C30H47N7O10. The van der Waals surface area contributed by atoms with Crippen LogP contribution in [0.1, 0.15) is 46.1 Å². The second-order valence-corrected chi connectivity index (χ2v) is 11.7. The number of aliphatic hydroxyl groups is 1. The Morgan fingerprint density at radius 1 is 0.660 bits per heavy atom. The number of carbonyl (C=O) groups is 7. The molecule has 1 rings (SSSR count). The molecule has 0 aromatic heterocycles. The molecule has 0 radical (unpaired) electrons. The van der Waals surface area contributed by atoms with Gasteiger partial charge in [-0.2, -0.15) is 0 Å². The molecule has 0 spiro atoms. The summed E-state index contributed by atoms with van der Waals surface area (Å²) < 4.78 is 0. The number of aliphatic hydroxyl groups excluding tert-OH is 1. The van der Waals surface area contributed by atoms with E-state index in [1.165, 1.54) is 24.3 Å². The third kappa shape index (κ3) is 15.9. The molecule has 0 heterocycles. The molecule has 1 aromatic rings. The van der Waals surface area contributed by atoms with Crippen LogP contribution in [-0.2, 0) is 40.0 Å². The van der Waals surface area contributed by atoms with Gasteiger partial charge in [-0.25, -0.2) is 4.79 Å². The molecule has 1 aromatic carbocycles. The summed E-state index contributed by atoms with van der Waals surface area (Å²) in [6, 6.07) is 0.506. The quantitative estimate of drug-likeness (QED) is 0.0681. The van der Waals surface area contributed by atoms with Crippen LogP contribution >= 0.6 is 0 Å². The van der Waals surface area contributed by atoms with Gasteiger partial charge in [0.1, 0.15) is 29.9 Å². The van der Waals surface area contributed by atoms with Crippen molar-refractivity contribution >= 4 is 41.4 Å². The molecule has 0 fully saturated rings. The van der Waals surface area contributed by atoms with Crippen molar-refractivity contribution in [3.63, 3.8) is 0 Å². The van der Waals surface area contributed by atoms with Crippen molar-refractivity contribution in [1.29, 1.82) is 0 Å². The average molecular weight is 666 g/mol. The molecule has 262 valence electrons. The Morgan fingerprint density at radius 3 is 1.60 bits per heavy atom. The molecule has 0 aliphatic carbocycles. The molecule has 11 N–H and O–H groups in total. The van der Waals surface area contributed by atoms with Gasteiger partial charge in [-0.1, -0.05) is 39.8 Å². The predicted molar refractivity (Wildman–Crippen MR) is 168 cm³/mol. The fourth-order valence-electron chi connectivity index (χ4n) is 4.24. The van der Waals surface area contributed by atoms with E-state index in [0.29, 0.717) is 5.56 Å². The van der Waals surface area contributed by atoms with Crippen molar-refractivity contribution in [3.8, 4) is 5.75 Å². The highest BCUT2D eigenvalue weighted by molar-refractivity contribution is 5.95. The Kier molecular flexibility index (Phi) is 17.4. The van der Waals surface area contributed by atoms with E-state index >= 15 is 0 Å². The number of hydrogen-bond acceptors (Lipinski definition) is 10. The SMILES string of the molecule is CC(C)C[C@H](NC(=O)CNC(=O)CN)C(=O)NCC(=O)N[C@@H](CC(C)C)C(=O)N[C@@H](CO)C(=O)N[C@@H](Cc1ccc(O)cc1)C(=O)O. The van der Waals surface area contributed by atoms with Gasteiger partial charge in [-0.05, 0) is 42.4 Å². The number of phenols is 1. The Bertz CT molecular complexity index is 1240. The zero-order valence-electron chi connectivity index (χ0n) is 27.0. The first kappa shape index (κ1) is 40.3. The summed E-state index contributed by atoms with van der Waals surface area (Å²) >= 11 is 0. The Balaban J connectivity index is 2.85. The van der Waals surface area contributed by atoms with Gasteiger partial charge < -0.3 is 53.0 Å². The standard InChI is InChI=1S/C30H47N7O10/c1-16(2)9-20(34-25(41)13-32-24(40)12-31)27(43)33-14-26(42)35-21(10-17(3)4)28(44)37-23(15-38)29(45)36-22(30(46)47)11-18-5-7-19(39)8-6-18/h5-8,16-17,20-23,38-39H,9-15,31H2,1-4H3,(H,32,40)(H,33,43)(H,34,41)(H,35,42)(H,36,45)(H,37,44)(H,46,47)/t20-,21-,22-,23-/m0/s1. The maximum absolute atomic E-state index is 13.1. The van der Waals surface area contributed by atoms with Gasteiger partial charge in [0.15, 0.2) is 0 Å². The van der Waals surface area contributed by atoms with Gasteiger partial charge in [0.25, 0.3) is 0 Å². The molecule has 47 heavy (non-hydrogen) atoms. The largest absolute Gasteiger partial charge is 0.508 e. The van der Waals surface area contributed by atoms with Crippen molar-refractivity contribution in [3.05, 3.63) is 29.8 Å². The minimum Gasteiger partial charge on any atom is -0.508 e. The van der Waals surface area contributed by atoms with Gasteiger partial charge in [-0.3, -0.25) is 28.8 Å². The van der Waals surface area contributed by atoms with E-state index in [0.717, 1.165) is 0 Å². The third-order valence-corrected chi connectivity index (χ3v) is 6.58. The van der Waals surface area contributed by atoms with Crippen LogP contribution in [0.3, 0.4) is 0 Å². The molecule has 0 bridgehead atoms. The molecule has 0 aliphatic rings. The number of hydrogen-bond donors (Lipinski definition) is 10. The second-order valence-electron chi connectivity index (χ2n) is 11.7. The minimum atomic E-state index is -1.55. The van der Waals surface area contributed by atoms with Crippen LogP contribution in [0.5, 0.6) is 5.75 Å². The van der Waals surface area contributed by atoms with Crippen LogP contribution in [-0.4, -0.2) is 107 Å². The highest BCUT2D eigenvalue weighted by atomic mass is 16.4. The number of carboxylic acid groups (broad SMARTS) is 1. The normalized spacial score (nSPS) is 13.4. The van der Waals surface area contributed by atoms with E-state index in [9.17, 15) is 48.9 Å². The van der Waals surface area contributed by atoms with Crippen LogP contribution in [0, 0.1) is 11.8 Å².